The lowest BCUT2D eigenvalue weighted by atomic mass is 9.50. The topological polar surface area (TPSA) is 0 Å². The second kappa shape index (κ2) is 3.73. The maximum atomic E-state index is 2.43. The average molecular weight is 226 g/mol. The van der Waals surface area contributed by atoms with Crippen LogP contribution in [0.15, 0.2) is 0 Å². The van der Waals surface area contributed by atoms with E-state index in [0.717, 1.165) is 0 Å². The molecule has 0 atom stereocenters. The van der Waals surface area contributed by atoms with Crippen molar-refractivity contribution in [3.05, 3.63) is 0 Å². The van der Waals surface area contributed by atoms with Gasteiger partial charge in [0.05, 0.1) is 27.2 Å². The molecule has 0 amide bonds. The van der Waals surface area contributed by atoms with Gasteiger partial charge in [-0.2, -0.15) is 0 Å². The molecule has 0 aromatic carbocycles. The molecule has 0 N–H and O–H groups in total. The molecular weight excluding hydrogens is 194 g/mol. The summed E-state index contributed by atoms with van der Waals surface area (Å²) in [7, 11) is 4.74. The average Bonchev–Trinajstić information content (AvgIpc) is 1.98. The first-order valence-electron chi connectivity index (χ1n) is 6.73. The van der Waals surface area contributed by atoms with Crippen molar-refractivity contribution in [3.8, 4) is 0 Å². The number of likely N-dealkylation sites (tertiary alicyclic amines) is 1. The van der Waals surface area contributed by atoms with Crippen molar-refractivity contribution >= 4 is 0 Å². The van der Waals surface area contributed by atoms with Crippen LogP contribution in [-0.4, -0.2) is 31.7 Å². The van der Waals surface area contributed by atoms with E-state index in [1.54, 1.807) is 0 Å². The fourth-order valence-electron chi connectivity index (χ4n) is 3.85. The maximum Gasteiger partial charge on any atom is 0.0788 e. The van der Waals surface area contributed by atoms with Crippen LogP contribution in [-0.2, 0) is 0 Å². The molecule has 0 bridgehead atoms. The molecule has 1 aliphatic heterocycles. The number of piperidine rings is 1. The third kappa shape index (κ3) is 2.30. The minimum atomic E-state index is 0.408. The van der Waals surface area contributed by atoms with Crippen molar-refractivity contribution in [2.45, 2.75) is 54.4 Å². The van der Waals surface area contributed by atoms with Crippen LogP contribution in [0.3, 0.4) is 0 Å². The lowest BCUT2D eigenvalue weighted by Gasteiger charge is -2.58. The summed E-state index contributed by atoms with van der Waals surface area (Å²) in [6, 6.07) is 0. The fourth-order valence-corrected chi connectivity index (χ4v) is 3.85. The first kappa shape index (κ1) is 14.0. The lowest BCUT2D eigenvalue weighted by Crippen LogP contribution is -2.57. The van der Waals surface area contributed by atoms with Crippen LogP contribution in [0.4, 0.5) is 0 Å². The van der Waals surface area contributed by atoms with Gasteiger partial charge in [-0.3, -0.25) is 0 Å². The van der Waals surface area contributed by atoms with E-state index in [1.165, 1.54) is 30.4 Å². The van der Waals surface area contributed by atoms with Gasteiger partial charge in [0.1, 0.15) is 0 Å². The highest BCUT2D eigenvalue weighted by atomic mass is 15.3. The quantitative estimate of drug-likeness (QED) is 0.549. The van der Waals surface area contributed by atoms with E-state index in [2.05, 4.69) is 55.6 Å². The van der Waals surface area contributed by atoms with Gasteiger partial charge in [0.2, 0.25) is 0 Å². The number of hydrogen-bond donors (Lipinski definition) is 0. The van der Waals surface area contributed by atoms with Crippen LogP contribution in [0.2, 0.25) is 0 Å². The Hall–Kier alpha value is -0.0400. The summed E-state index contributed by atoms with van der Waals surface area (Å²) >= 11 is 0. The molecule has 1 heterocycles. The molecule has 0 unspecified atom stereocenters. The molecular formula is C15H32N+. The highest BCUT2D eigenvalue weighted by Crippen LogP contribution is 2.58. The highest BCUT2D eigenvalue weighted by molar-refractivity contribution is 4.99. The molecule has 1 nitrogen and oxygen atoms in total. The Morgan fingerprint density at radius 3 is 1.31 bits per heavy atom. The van der Waals surface area contributed by atoms with E-state index in [9.17, 15) is 0 Å². The summed E-state index contributed by atoms with van der Waals surface area (Å²) in [5.74, 6) is 0. The third-order valence-electron chi connectivity index (χ3n) is 5.16. The number of nitrogens with zero attached hydrogens (tertiary/aromatic N) is 1. The Labute approximate surface area is 103 Å². The summed E-state index contributed by atoms with van der Waals surface area (Å²) in [5.41, 5.74) is 1.31. The second-order valence-corrected chi connectivity index (χ2v) is 8.47. The zero-order valence-corrected chi connectivity index (χ0v) is 12.8. The largest absolute Gasteiger partial charge is 0.328 e. The van der Waals surface area contributed by atoms with Crippen LogP contribution in [0.5, 0.6) is 0 Å². The van der Waals surface area contributed by atoms with Gasteiger partial charge in [0.25, 0.3) is 0 Å². The Kier molecular flexibility index (Phi) is 3.27. The second-order valence-electron chi connectivity index (χ2n) is 8.47. The van der Waals surface area contributed by atoms with Crippen molar-refractivity contribution in [1.82, 2.24) is 0 Å². The van der Waals surface area contributed by atoms with Crippen LogP contribution in [0.1, 0.15) is 54.4 Å². The van der Waals surface area contributed by atoms with Crippen molar-refractivity contribution in [2.75, 3.05) is 27.2 Å². The summed E-state index contributed by atoms with van der Waals surface area (Å²) in [5, 5.41) is 0. The summed E-state index contributed by atoms with van der Waals surface area (Å²) < 4.78 is 1.20. The summed E-state index contributed by atoms with van der Waals surface area (Å²) in [6.45, 7) is 17.3. The molecule has 16 heavy (non-hydrogen) atoms. The van der Waals surface area contributed by atoms with E-state index in [0.29, 0.717) is 16.2 Å². The van der Waals surface area contributed by atoms with Gasteiger partial charge in [-0.05, 0) is 16.2 Å². The molecule has 0 saturated carbocycles. The zero-order valence-electron chi connectivity index (χ0n) is 12.8. The van der Waals surface area contributed by atoms with Gasteiger partial charge in [0, 0.05) is 12.8 Å². The standard InChI is InChI=1S/C15H32N/c1-13(2,3)15(14(4,5)6)9-11-16(7,8)12-10-15/h9-12H2,1-8H3/q+1. The molecule has 1 heteroatoms. The van der Waals surface area contributed by atoms with Crippen molar-refractivity contribution in [2.24, 2.45) is 16.2 Å². The molecule has 0 aromatic rings. The number of hydrogen-bond acceptors (Lipinski definition) is 0. The normalized spacial score (nSPS) is 25.5. The maximum absolute atomic E-state index is 2.43. The number of quaternary nitrogens is 1. The van der Waals surface area contributed by atoms with Gasteiger partial charge in [-0.15, -0.1) is 0 Å². The van der Waals surface area contributed by atoms with E-state index >= 15 is 0 Å². The Morgan fingerprint density at radius 2 is 1.06 bits per heavy atom. The van der Waals surface area contributed by atoms with Crippen molar-refractivity contribution in [3.63, 3.8) is 0 Å². The molecule has 0 aliphatic carbocycles. The van der Waals surface area contributed by atoms with Gasteiger partial charge in [-0.25, -0.2) is 0 Å². The van der Waals surface area contributed by atoms with Gasteiger partial charge in [0.15, 0.2) is 0 Å². The SMILES string of the molecule is CC(C)(C)C1(C(C)(C)C)CC[N+](C)(C)CC1. The molecule has 0 spiro atoms. The first-order chi connectivity index (χ1) is 6.91. The van der Waals surface area contributed by atoms with Crippen molar-refractivity contribution in [1.29, 1.82) is 0 Å². The Bertz CT molecular complexity index is 224. The molecule has 1 saturated heterocycles. The molecule has 96 valence electrons. The molecule has 0 radical (unpaired) electrons. The van der Waals surface area contributed by atoms with Crippen LogP contribution in [0, 0.1) is 16.2 Å². The van der Waals surface area contributed by atoms with Crippen LogP contribution in [0.25, 0.3) is 0 Å². The predicted molar refractivity (Wildman–Crippen MR) is 72.4 cm³/mol. The highest BCUT2D eigenvalue weighted by Gasteiger charge is 2.53. The molecule has 1 fully saturated rings. The monoisotopic (exact) mass is 226 g/mol. The summed E-state index contributed by atoms with van der Waals surface area (Å²) in [4.78, 5) is 0. The van der Waals surface area contributed by atoms with Crippen molar-refractivity contribution < 1.29 is 4.48 Å². The first-order valence-corrected chi connectivity index (χ1v) is 6.73. The number of rotatable bonds is 0. The minimum Gasteiger partial charge on any atom is -0.328 e. The fraction of sp³-hybridized carbons (Fsp3) is 1.00. The zero-order chi connectivity index (χ0) is 12.8. The van der Waals surface area contributed by atoms with E-state index in [4.69, 9.17) is 0 Å². The third-order valence-corrected chi connectivity index (χ3v) is 5.16. The van der Waals surface area contributed by atoms with Crippen LogP contribution >= 0.6 is 0 Å². The Morgan fingerprint density at radius 1 is 0.750 bits per heavy atom. The minimum absolute atomic E-state index is 0.408. The predicted octanol–water partition coefficient (Wildman–Crippen LogP) is 3.94. The molecule has 0 aromatic heterocycles. The van der Waals surface area contributed by atoms with Gasteiger partial charge >= 0.3 is 0 Å². The van der Waals surface area contributed by atoms with E-state index in [1.807, 2.05) is 0 Å². The van der Waals surface area contributed by atoms with Gasteiger partial charge < -0.3 is 4.48 Å². The molecule has 1 aliphatic rings. The van der Waals surface area contributed by atoms with E-state index in [-0.39, 0.29) is 0 Å². The molecule has 1 rings (SSSR count). The Balaban J connectivity index is 3.03. The lowest BCUT2D eigenvalue weighted by molar-refractivity contribution is -0.898. The summed E-state index contributed by atoms with van der Waals surface area (Å²) in [6.07, 6.45) is 2.74. The smallest absolute Gasteiger partial charge is 0.0788 e. The van der Waals surface area contributed by atoms with Gasteiger partial charge in [-0.1, -0.05) is 41.5 Å². The van der Waals surface area contributed by atoms with E-state index < -0.39 is 0 Å². The van der Waals surface area contributed by atoms with Crippen LogP contribution < -0.4 is 0 Å².